The fraction of sp³-hybridized carbons (Fsp3) is 0.500. The Kier molecular flexibility index (Phi) is 2.23. The first-order valence-electron chi connectivity index (χ1n) is 5.17. The highest BCUT2D eigenvalue weighted by Crippen LogP contribution is 2.63. The molecule has 3 heteroatoms. The largest absolute Gasteiger partial charge is 0.505 e. The molecule has 2 nitrogen and oxygen atoms in total. The third kappa shape index (κ3) is 1.51. The molecule has 2 unspecified atom stereocenters. The average Bonchev–Trinajstić information content (AvgIpc) is 2.73. The van der Waals surface area contributed by atoms with E-state index in [1.807, 2.05) is 0 Å². The predicted octanol–water partition coefficient (Wildman–Crippen LogP) is 2.23. The van der Waals surface area contributed by atoms with Crippen molar-refractivity contribution >= 4 is 0 Å². The number of aromatic hydroxyl groups is 1. The summed E-state index contributed by atoms with van der Waals surface area (Å²) >= 11 is 0. The van der Waals surface area contributed by atoms with Crippen LogP contribution in [0.15, 0.2) is 18.2 Å². The predicted molar refractivity (Wildman–Crippen MR) is 57.1 cm³/mol. The van der Waals surface area contributed by atoms with E-state index in [1.165, 1.54) is 12.1 Å². The molecule has 2 rings (SSSR count). The highest BCUT2D eigenvalue weighted by atomic mass is 19.1. The molecule has 0 aromatic heterocycles. The summed E-state index contributed by atoms with van der Waals surface area (Å²) in [4.78, 5) is 0. The first-order valence-corrected chi connectivity index (χ1v) is 5.17. The summed E-state index contributed by atoms with van der Waals surface area (Å²) in [5, 5.41) is 9.10. The maximum atomic E-state index is 13.2. The van der Waals surface area contributed by atoms with Gasteiger partial charge in [0.25, 0.3) is 0 Å². The lowest BCUT2D eigenvalue weighted by Crippen LogP contribution is -2.05. The minimum atomic E-state index is -0.550. The average molecular weight is 209 g/mol. The van der Waals surface area contributed by atoms with Crippen LogP contribution in [0.5, 0.6) is 5.75 Å². The van der Waals surface area contributed by atoms with E-state index < -0.39 is 5.82 Å². The Balaban J connectivity index is 2.29. The molecule has 82 valence electrons. The van der Waals surface area contributed by atoms with Crippen LogP contribution in [0.2, 0.25) is 0 Å². The van der Waals surface area contributed by atoms with Gasteiger partial charge in [0.05, 0.1) is 0 Å². The molecular weight excluding hydrogens is 193 g/mol. The van der Waals surface area contributed by atoms with Crippen molar-refractivity contribution in [2.75, 3.05) is 6.54 Å². The third-order valence-corrected chi connectivity index (χ3v) is 3.64. The van der Waals surface area contributed by atoms with Gasteiger partial charge in [0.1, 0.15) is 0 Å². The van der Waals surface area contributed by atoms with Gasteiger partial charge in [0.15, 0.2) is 11.6 Å². The number of phenols is 1. The Morgan fingerprint density at radius 1 is 1.47 bits per heavy atom. The molecule has 0 aliphatic heterocycles. The number of phenolic OH excluding ortho intramolecular Hbond substituents is 1. The second-order valence-electron chi connectivity index (χ2n) is 4.85. The van der Waals surface area contributed by atoms with Crippen LogP contribution in [-0.2, 0) is 0 Å². The van der Waals surface area contributed by atoms with Crippen LogP contribution in [0, 0.1) is 17.2 Å². The van der Waals surface area contributed by atoms with E-state index in [0.717, 1.165) is 5.56 Å². The van der Waals surface area contributed by atoms with Gasteiger partial charge in [-0.15, -0.1) is 0 Å². The molecule has 0 amide bonds. The van der Waals surface area contributed by atoms with Crippen LogP contribution in [-0.4, -0.2) is 11.7 Å². The molecule has 0 saturated heterocycles. The molecule has 1 aliphatic rings. The van der Waals surface area contributed by atoms with Crippen molar-refractivity contribution in [3.05, 3.63) is 29.6 Å². The van der Waals surface area contributed by atoms with Crippen LogP contribution >= 0.6 is 0 Å². The van der Waals surface area contributed by atoms with Gasteiger partial charge < -0.3 is 10.8 Å². The highest BCUT2D eigenvalue weighted by Gasteiger charge is 2.57. The van der Waals surface area contributed by atoms with Crippen molar-refractivity contribution in [1.29, 1.82) is 0 Å². The van der Waals surface area contributed by atoms with Crippen LogP contribution in [0.1, 0.15) is 25.3 Å². The molecule has 0 radical (unpaired) electrons. The standard InChI is InChI=1S/C12H16FNO/c1-12(2)8(6-14)11(12)7-3-4-10(15)9(13)5-7/h3-5,8,11,15H,6,14H2,1-2H3. The monoisotopic (exact) mass is 209 g/mol. The molecule has 1 aliphatic carbocycles. The first-order chi connectivity index (χ1) is 6.98. The van der Waals surface area contributed by atoms with Gasteiger partial charge in [-0.3, -0.25) is 0 Å². The molecule has 0 bridgehead atoms. The lowest BCUT2D eigenvalue weighted by atomic mass is 10.0. The summed E-state index contributed by atoms with van der Waals surface area (Å²) in [6.45, 7) is 4.90. The van der Waals surface area contributed by atoms with Gasteiger partial charge in [-0.25, -0.2) is 4.39 Å². The fourth-order valence-electron chi connectivity index (χ4n) is 2.56. The Morgan fingerprint density at radius 2 is 2.13 bits per heavy atom. The minimum Gasteiger partial charge on any atom is -0.505 e. The van der Waals surface area contributed by atoms with E-state index >= 15 is 0 Å². The fourth-order valence-corrected chi connectivity index (χ4v) is 2.56. The smallest absolute Gasteiger partial charge is 0.165 e. The molecule has 0 heterocycles. The highest BCUT2D eigenvalue weighted by molar-refractivity contribution is 5.36. The zero-order valence-electron chi connectivity index (χ0n) is 9.00. The number of benzene rings is 1. The van der Waals surface area contributed by atoms with Gasteiger partial charge in [-0.05, 0) is 41.5 Å². The number of rotatable bonds is 2. The summed E-state index contributed by atoms with van der Waals surface area (Å²) in [6, 6.07) is 4.60. The molecule has 0 spiro atoms. The molecule has 1 fully saturated rings. The molecule has 2 atom stereocenters. The van der Waals surface area contributed by atoms with Crippen molar-refractivity contribution in [2.45, 2.75) is 19.8 Å². The number of hydrogen-bond donors (Lipinski definition) is 2. The van der Waals surface area contributed by atoms with E-state index in [4.69, 9.17) is 10.8 Å². The second kappa shape index (κ2) is 3.20. The Bertz CT molecular complexity index is 389. The van der Waals surface area contributed by atoms with Gasteiger partial charge in [-0.1, -0.05) is 19.9 Å². The maximum Gasteiger partial charge on any atom is 0.165 e. The van der Waals surface area contributed by atoms with E-state index in [1.54, 1.807) is 6.07 Å². The van der Waals surface area contributed by atoms with E-state index in [2.05, 4.69) is 13.8 Å². The first kappa shape index (κ1) is 10.4. The summed E-state index contributed by atoms with van der Waals surface area (Å²) in [5.74, 6) is -0.105. The molecule has 1 saturated carbocycles. The number of nitrogens with two attached hydrogens (primary N) is 1. The van der Waals surface area contributed by atoms with Crippen LogP contribution in [0.25, 0.3) is 0 Å². The SMILES string of the molecule is CC1(C)C(CN)C1c1ccc(O)c(F)c1. The third-order valence-electron chi connectivity index (χ3n) is 3.64. The van der Waals surface area contributed by atoms with E-state index in [0.29, 0.717) is 18.4 Å². The van der Waals surface area contributed by atoms with Gasteiger partial charge in [0.2, 0.25) is 0 Å². The van der Waals surface area contributed by atoms with Crippen LogP contribution in [0.3, 0.4) is 0 Å². The zero-order chi connectivity index (χ0) is 11.2. The normalized spacial score (nSPS) is 27.7. The summed E-state index contributed by atoms with van der Waals surface area (Å²) in [5.41, 5.74) is 6.75. The molecule has 1 aromatic rings. The van der Waals surface area contributed by atoms with Gasteiger partial charge in [0, 0.05) is 0 Å². The van der Waals surface area contributed by atoms with Crippen molar-refractivity contribution in [3.8, 4) is 5.75 Å². The summed E-state index contributed by atoms with van der Waals surface area (Å²) in [6.07, 6.45) is 0. The topological polar surface area (TPSA) is 46.2 Å². The lowest BCUT2D eigenvalue weighted by Gasteiger charge is -2.04. The molecule has 15 heavy (non-hydrogen) atoms. The van der Waals surface area contributed by atoms with Crippen molar-refractivity contribution < 1.29 is 9.50 Å². The Hall–Kier alpha value is -1.09. The molecule has 3 N–H and O–H groups in total. The van der Waals surface area contributed by atoms with Crippen LogP contribution in [0.4, 0.5) is 4.39 Å². The minimum absolute atomic E-state index is 0.151. The van der Waals surface area contributed by atoms with Crippen molar-refractivity contribution in [3.63, 3.8) is 0 Å². The van der Waals surface area contributed by atoms with Gasteiger partial charge >= 0.3 is 0 Å². The van der Waals surface area contributed by atoms with Crippen molar-refractivity contribution in [1.82, 2.24) is 0 Å². The van der Waals surface area contributed by atoms with E-state index in [-0.39, 0.29) is 11.2 Å². The number of hydrogen-bond acceptors (Lipinski definition) is 2. The molecular formula is C12H16FNO. The Morgan fingerprint density at radius 3 is 2.60 bits per heavy atom. The molecule has 1 aromatic carbocycles. The van der Waals surface area contributed by atoms with Crippen molar-refractivity contribution in [2.24, 2.45) is 17.1 Å². The lowest BCUT2D eigenvalue weighted by molar-refractivity contribution is 0.431. The Labute approximate surface area is 88.9 Å². The maximum absolute atomic E-state index is 13.2. The quantitative estimate of drug-likeness (QED) is 0.784. The summed E-state index contributed by atoms with van der Waals surface area (Å²) in [7, 11) is 0. The number of halogens is 1. The van der Waals surface area contributed by atoms with E-state index in [9.17, 15) is 4.39 Å². The van der Waals surface area contributed by atoms with Gasteiger partial charge in [-0.2, -0.15) is 0 Å². The summed E-state index contributed by atoms with van der Waals surface area (Å²) < 4.78 is 13.2. The second-order valence-corrected chi connectivity index (χ2v) is 4.85. The zero-order valence-corrected chi connectivity index (χ0v) is 9.00. The van der Waals surface area contributed by atoms with Crippen LogP contribution < -0.4 is 5.73 Å².